The summed E-state index contributed by atoms with van der Waals surface area (Å²) in [6.07, 6.45) is 3.77. The Balaban J connectivity index is 1.12. The van der Waals surface area contributed by atoms with Crippen molar-refractivity contribution >= 4 is 61.6 Å². The maximum Gasteiger partial charge on any atom is 0.258 e. The molecule has 0 aliphatic carbocycles. The third kappa shape index (κ3) is 6.63. The average Bonchev–Trinajstić information content (AvgIpc) is 3.56. The lowest BCUT2D eigenvalue weighted by molar-refractivity contribution is 0.102. The largest absolute Gasteiger partial charge is 0.494 e. The molecule has 2 aliphatic heterocycles. The molecule has 2 N–H and O–H groups in total. The summed E-state index contributed by atoms with van der Waals surface area (Å²) in [5.74, 6) is 1.15. The van der Waals surface area contributed by atoms with Gasteiger partial charge in [-0.05, 0) is 89.7 Å². The van der Waals surface area contributed by atoms with Crippen LogP contribution in [0.1, 0.15) is 54.0 Å². The van der Waals surface area contributed by atoms with Gasteiger partial charge in [0.2, 0.25) is 0 Å². The molecule has 0 bridgehead atoms. The van der Waals surface area contributed by atoms with Crippen molar-refractivity contribution in [3.63, 3.8) is 0 Å². The van der Waals surface area contributed by atoms with Crippen LogP contribution < -0.4 is 25.2 Å². The van der Waals surface area contributed by atoms with E-state index < -0.39 is 0 Å². The summed E-state index contributed by atoms with van der Waals surface area (Å²) in [5, 5.41) is 8.54. The van der Waals surface area contributed by atoms with Gasteiger partial charge in [0, 0.05) is 59.8 Å². The van der Waals surface area contributed by atoms with Crippen LogP contribution in [0.25, 0.3) is 15.8 Å². The third-order valence-electron chi connectivity index (χ3n) is 9.97. The summed E-state index contributed by atoms with van der Waals surface area (Å²) in [7, 11) is 6.00. The van der Waals surface area contributed by atoms with Gasteiger partial charge >= 0.3 is 0 Å². The Morgan fingerprint density at radius 2 is 1.82 bits per heavy atom. The van der Waals surface area contributed by atoms with E-state index in [1.54, 1.807) is 7.11 Å². The average molecular weight is 689 g/mol. The highest BCUT2D eigenvalue weighted by atomic mass is 32.1. The van der Waals surface area contributed by atoms with Crippen LogP contribution in [0.15, 0.2) is 71.9 Å². The lowest BCUT2D eigenvalue weighted by Crippen LogP contribution is -2.41. The molecule has 0 radical (unpaired) electrons. The van der Waals surface area contributed by atoms with Crippen molar-refractivity contribution in [2.75, 3.05) is 61.3 Å². The van der Waals surface area contributed by atoms with Crippen LogP contribution in [0.5, 0.6) is 5.75 Å². The SMILES string of the molecule is COc1cc(N2CCC(N(C)C)CC2)ccc1Nc1ncnc2c(C(=O)Nc3cccc4c3C(C)=C(C)CN4Cc3cccc(C)n3)csc12. The number of benzene rings is 2. The molecule has 2 aromatic carbocycles. The molecule has 1 amide bonds. The van der Waals surface area contributed by atoms with Gasteiger partial charge in [-0.2, -0.15) is 0 Å². The van der Waals surface area contributed by atoms with Crippen LogP contribution in [0.2, 0.25) is 0 Å². The number of piperidine rings is 1. The minimum Gasteiger partial charge on any atom is -0.494 e. The summed E-state index contributed by atoms with van der Waals surface area (Å²) in [4.78, 5) is 34.9. The van der Waals surface area contributed by atoms with E-state index >= 15 is 0 Å². The first-order valence-electron chi connectivity index (χ1n) is 17.1. The molecular formula is C39H44N8O2S. The van der Waals surface area contributed by atoms with E-state index in [0.717, 1.165) is 82.6 Å². The van der Waals surface area contributed by atoms with Gasteiger partial charge in [0.05, 0.1) is 46.5 Å². The minimum absolute atomic E-state index is 0.211. The number of pyridine rings is 1. The van der Waals surface area contributed by atoms with Gasteiger partial charge in [0.15, 0.2) is 5.82 Å². The van der Waals surface area contributed by atoms with E-state index in [9.17, 15) is 4.79 Å². The van der Waals surface area contributed by atoms with Crippen LogP contribution in [-0.4, -0.2) is 72.6 Å². The number of allylic oxidation sites excluding steroid dienone is 1. The standard InChI is InChI=1S/C39H44N8O2S/c1-24-20-47(21-27-10-7-9-25(2)42-27)33-12-8-11-32(35(33)26(24)3)44-39(48)30-22-50-37-36(30)40-23-41-38(37)43-31-14-13-29(19-34(31)49-6)46-17-15-28(16-18-46)45(4)5/h7-14,19,22-23,28H,15-18,20-21H2,1-6H3,(H,44,48)(H,40,41,43). The molecule has 1 saturated heterocycles. The molecule has 0 spiro atoms. The lowest BCUT2D eigenvalue weighted by atomic mass is 9.93. The number of anilines is 5. The Morgan fingerprint density at radius 3 is 2.58 bits per heavy atom. The first-order valence-corrected chi connectivity index (χ1v) is 17.9. The van der Waals surface area contributed by atoms with Gasteiger partial charge < -0.3 is 30.1 Å². The van der Waals surface area contributed by atoms with Crippen molar-refractivity contribution in [2.24, 2.45) is 0 Å². The van der Waals surface area contributed by atoms with Gasteiger partial charge in [0.1, 0.15) is 12.1 Å². The number of methoxy groups -OCH3 is 1. The van der Waals surface area contributed by atoms with E-state index in [-0.39, 0.29) is 5.91 Å². The number of ether oxygens (including phenoxy) is 1. The molecule has 0 atom stereocenters. The zero-order valence-electron chi connectivity index (χ0n) is 29.6. The number of amides is 1. The Labute approximate surface area is 297 Å². The molecule has 258 valence electrons. The zero-order valence-corrected chi connectivity index (χ0v) is 30.4. The number of fused-ring (bicyclic) bond motifs is 2. The van der Waals surface area contributed by atoms with Crippen LogP contribution in [0, 0.1) is 6.92 Å². The Kier molecular flexibility index (Phi) is 9.44. The number of nitrogens with one attached hydrogen (secondary N) is 2. The number of aryl methyl sites for hydroxylation is 1. The number of carbonyl (C=O) groups excluding carboxylic acids is 1. The molecule has 3 aromatic heterocycles. The van der Waals surface area contributed by atoms with Crippen molar-refractivity contribution in [1.29, 1.82) is 0 Å². The molecule has 7 rings (SSSR count). The molecule has 0 saturated carbocycles. The van der Waals surface area contributed by atoms with Gasteiger partial charge in [0.25, 0.3) is 5.91 Å². The number of nitrogens with zero attached hydrogens (tertiary/aromatic N) is 6. The molecule has 10 nitrogen and oxygen atoms in total. The molecule has 11 heteroatoms. The normalized spacial score (nSPS) is 15.1. The van der Waals surface area contributed by atoms with Gasteiger partial charge in [-0.15, -0.1) is 11.3 Å². The summed E-state index contributed by atoms with van der Waals surface area (Å²) in [5.41, 5.74) is 10.4. The molecule has 5 heterocycles. The fourth-order valence-electron chi connectivity index (χ4n) is 7.07. The Morgan fingerprint density at radius 1 is 1.02 bits per heavy atom. The van der Waals surface area contributed by atoms with E-state index in [2.05, 4.69) is 87.5 Å². The fraction of sp³-hybridized carbons (Fsp3) is 0.333. The predicted octanol–water partition coefficient (Wildman–Crippen LogP) is 7.74. The van der Waals surface area contributed by atoms with Crippen LogP contribution in [0.4, 0.5) is 28.6 Å². The van der Waals surface area contributed by atoms with E-state index in [1.165, 1.54) is 28.8 Å². The van der Waals surface area contributed by atoms with Gasteiger partial charge in [-0.3, -0.25) is 9.78 Å². The predicted molar refractivity (Wildman–Crippen MR) is 205 cm³/mol. The van der Waals surface area contributed by atoms with Crippen molar-refractivity contribution < 1.29 is 9.53 Å². The number of aromatic nitrogens is 3. The first-order chi connectivity index (χ1) is 24.2. The van der Waals surface area contributed by atoms with Crippen LogP contribution >= 0.6 is 11.3 Å². The minimum atomic E-state index is -0.211. The van der Waals surface area contributed by atoms with Crippen molar-refractivity contribution in [3.05, 3.63) is 94.4 Å². The number of thiophene rings is 1. The third-order valence-corrected chi connectivity index (χ3v) is 10.9. The quantitative estimate of drug-likeness (QED) is 0.161. The van der Waals surface area contributed by atoms with Gasteiger partial charge in [-0.1, -0.05) is 17.7 Å². The lowest BCUT2D eigenvalue weighted by Gasteiger charge is -2.36. The highest BCUT2D eigenvalue weighted by Gasteiger charge is 2.26. The maximum absolute atomic E-state index is 13.9. The second-order valence-electron chi connectivity index (χ2n) is 13.4. The highest BCUT2D eigenvalue weighted by Crippen LogP contribution is 2.41. The summed E-state index contributed by atoms with van der Waals surface area (Å²) < 4.78 is 6.63. The Hall–Kier alpha value is -5.00. The zero-order chi connectivity index (χ0) is 34.9. The highest BCUT2D eigenvalue weighted by molar-refractivity contribution is 7.18. The topological polar surface area (TPSA) is 98.8 Å². The number of hydrogen-bond donors (Lipinski definition) is 2. The second kappa shape index (κ2) is 14.1. The fourth-order valence-corrected chi connectivity index (χ4v) is 8.01. The van der Waals surface area contributed by atoms with E-state index in [0.29, 0.717) is 29.5 Å². The molecule has 1 fully saturated rings. The van der Waals surface area contributed by atoms with Crippen molar-refractivity contribution in [2.45, 2.75) is 46.2 Å². The Bertz CT molecular complexity index is 2080. The van der Waals surface area contributed by atoms with Crippen molar-refractivity contribution in [1.82, 2.24) is 19.9 Å². The number of carbonyl (C=O) groups is 1. The van der Waals surface area contributed by atoms with Crippen molar-refractivity contribution in [3.8, 4) is 5.75 Å². The number of rotatable bonds is 9. The van der Waals surface area contributed by atoms with E-state index in [1.807, 2.05) is 42.6 Å². The molecule has 0 unspecified atom stereocenters. The summed E-state index contributed by atoms with van der Waals surface area (Å²) >= 11 is 1.45. The van der Waals surface area contributed by atoms with Gasteiger partial charge in [-0.25, -0.2) is 9.97 Å². The molecule has 2 aliphatic rings. The van der Waals surface area contributed by atoms with E-state index in [4.69, 9.17) is 9.72 Å². The maximum atomic E-state index is 13.9. The van der Waals surface area contributed by atoms with Crippen LogP contribution in [0.3, 0.4) is 0 Å². The summed E-state index contributed by atoms with van der Waals surface area (Å²) in [6.45, 7) is 9.80. The molecule has 5 aromatic rings. The monoisotopic (exact) mass is 688 g/mol. The summed E-state index contributed by atoms with van der Waals surface area (Å²) in [6, 6.07) is 19.1. The molecule has 50 heavy (non-hydrogen) atoms. The first kappa shape index (κ1) is 33.5. The molecular weight excluding hydrogens is 645 g/mol. The van der Waals surface area contributed by atoms with Crippen LogP contribution in [-0.2, 0) is 6.54 Å². The smallest absolute Gasteiger partial charge is 0.258 e. The number of hydrogen-bond acceptors (Lipinski definition) is 10. The second-order valence-corrected chi connectivity index (χ2v) is 14.3.